The van der Waals surface area contributed by atoms with Crippen molar-refractivity contribution in [2.45, 2.75) is 17.7 Å². The molecule has 0 saturated heterocycles. The van der Waals surface area contributed by atoms with Crippen molar-refractivity contribution in [3.8, 4) is 0 Å². The van der Waals surface area contributed by atoms with Gasteiger partial charge in [0.25, 0.3) is 0 Å². The molecule has 0 unspecified atom stereocenters. The summed E-state index contributed by atoms with van der Waals surface area (Å²) in [6.07, 6.45) is 0.402. The summed E-state index contributed by atoms with van der Waals surface area (Å²) in [4.78, 5) is 23.5. The highest BCUT2D eigenvalue weighted by Crippen LogP contribution is 2.14. The standard InChI is InChI=1S/C13H17NO5S/c1-14(2)12(15)4-3-9-20(18,19)11-7-5-10(6-8-11)13(16)17/h5-8H,3-4,9H2,1-2H3,(H,16,17). The quantitative estimate of drug-likeness (QED) is 0.847. The lowest BCUT2D eigenvalue weighted by atomic mass is 10.2. The van der Waals surface area contributed by atoms with E-state index in [4.69, 9.17) is 5.11 Å². The van der Waals surface area contributed by atoms with Crippen molar-refractivity contribution in [2.75, 3.05) is 19.8 Å². The Hall–Kier alpha value is -1.89. The van der Waals surface area contributed by atoms with Crippen LogP contribution in [0, 0.1) is 0 Å². The maximum Gasteiger partial charge on any atom is 0.335 e. The summed E-state index contributed by atoms with van der Waals surface area (Å²) < 4.78 is 24.0. The summed E-state index contributed by atoms with van der Waals surface area (Å²) in [7, 11) is -0.263. The lowest BCUT2D eigenvalue weighted by Crippen LogP contribution is -2.22. The predicted octanol–water partition coefficient (Wildman–Crippen LogP) is 1.03. The number of carboxylic acid groups (broad SMARTS) is 1. The molecule has 6 nitrogen and oxygen atoms in total. The third kappa shape index (κ3) is 4.34. The van der Waals surface area contributed by atoms with E-state index in [0.717, 1.165) is 0 Å². The molecule has 1 rings (SSSR count). The first-order valence-corrected chi connectivity index (χ1v) is 7.65. The van der Waals surface area contributed by atoms with Gasteiger partial charge in [-0.2, -0.15) is 0 Å². The lowest BCUT2D eigenvalue weighted by molar-refractivity contribution is -0.128. The van der Waals surface area contributed by atoms with Crippen LogP contribution < -0.4 is 0 Å². The Balaban J connectivity index is 2.69. The predicted molar refractivity (Wildman–Crippen MR) is 73.4 cm³/mol. The summed E-state index contributed by atoms with van der Waals surface area (Å²) in [5, 5.41) is 8.74. The number of carboxylic acids is 1. The number of nitrogens with zero attached hydrogens (tertiary/aromatic N) is 1. The second-order valence-corrected chi connectivity index (χ2v) is 6.65. The number of benzene rings is 1. The van der Waals surface area contributed by atoms with Gasteiger partial charge in [-0.1, -0.05) is 0 Å². The molecule has 0 radical (unpaired) electrons. The Labute approximate surface area is 117 Å². The van der Waals surface area contributed by atoms with Crippen LogP contribution in [-0.2, 0) is 14.6 Å². The number of carbonyl (C=O) groups excluding carboxylic acids is 1. The zero-order valence-corrected chi connectivity index (χ0v) is 12.2. The van der Waals surface area contributed by atoms with Crippen molar-refractivity contribution < 1.29 is 23.1 Å². The van der Waals surface area contributed by atoms with Crippen molar-refractivity contribution in [3.63, 3.8) is 0 Å². The van der Waals surface area contributed by atoms with Gasteiger partial charge in [0, 0.05) is 20.5 Å². The highest BCUT2D eigenvalue weighted by molar-refractivity contribution is 7.91. The SMILES string of the molecule is CN(C)C(=O)CCCS(=O)(=O)c1ccc(C(=O)O)cc1. The molecule has 0 heterocycles. The van der Waals surface area contributed by atoms with E-state index in [1.807, 2.05) is 0 Å². The largest absolute Gasteiger partial charge is 0.478 e. The van der Waals surface area contributed by atoms with E-state index in [1.54, 1.807) is 14.1 Å². The Morgan fingerprint density at radius 1 is 1.15 bits per heavy atom. The second-order valence-electron chi connectivity index (χ2n) is 4.54. The molecule has 0 atom stereocenters. The molecule has 0 aromatic heterocycles. The van der Waals surface area contributed by atoms with Crippen molar-refractivity contribution in [1.29, 1.82) is 0 Å². The van der Waals surface area contributed by atoms with Crippen LogP contribution in [0.25, 0.3) is 0 Å². The molecule has 0 spiro atoms. The summed E-state index contributed by atoms with van der Waals surface area (Å²) in [5.41, 5.74) is 0.0340. The van der Waals surface area contributed by atoms with Crippen LogP contribution in [-0.4, -0.2) is 50.1 Å². The Bertz CT molecular complexity index is 590. The van der Waals surface area contributed by atoms with Crippen LogP contribution in [0.4, 0.5) is 0 Å². The molecule has 0 saturated carbocycles. The summed E-state index contributed by atoms with van der Waals surface area (Å²) in [6, 6.07) is 5.04. The normalized spacial score (nSPS) is 11.1. The van der Waals surface area contributed by atoms with Gasteiger partial charge in [0.05, 0.1) is 16.2 Å². The van der Waals surface area contributed by atoms with E-state index < -0.39 is 15.8 Å². The van der Waals surface area contributed by atoms with Gasteiger partial charge in [0.15, 0.2) is 9.84 Å². The fourth-order valence-corrected chi connectivity index (χ4v) is 2.87. The molecule has 1 amide bonds. The highest BCUT2D eigenvalue weighted by atomic mass is 32.2. The highest BCUT2D eigenvalue weighted by Gasteiger charge is 2.16. The minimum Gasteiger partial charge on any atom is -0.478 e. The van der Waals surface area contributed by atoms with E-state index in [-0.39, 0.29) is 35.0 Å². The van der Waals surface area contributed by atoms with E-state index in [1.165, 1.54) is 29.2 Å². The van der Waals surface area contributed by atoms with Gasteiger partial charge in [0.1, 0.15) is 0 Å². The molecule has 20 heavy (non-hydrogen) atoms. The first-order valence-electron chi connectivity index (χ1n) is 6.00. The van der Waals surface area contributed by atoms with Gasteiger partial charge in [-0.3, -0.25) is 4.79 Å². The Morgan fingerprint density at radius 3 is 2.15 bits per heavy atom. The minimum absolute atomic E-state index is 0.0340. The van der Waals surface area contributed by atoms with Crippen LogP contribution in [0.1, 0.15) is 23.2 Å². The first-order chi connectivity index (χ1) is 9.24. The van der Waals surface area contributed by atoms with Crippen LogP contribution in [0.5, 0.6) is 0 Å². The maximum atomic E-state index is 12.0. The minimum atomic E-state index is -3.49. The monoisotopic (exact) mass is 299 g/mol. The number of hydrogen-bond donors (Lipinski definition) is 1. The van der Waals surface area contributed by atoms with Gasteiger partial charge >= 0.3 is 5.97 Å². The fourth-order valence-electron chi connectivity index (χ4n) is 1.56. The summed E-state index contributed by atoms with van der Waals surface area (Å²) in [5.74, 6) is -1.37. The van der Waals surface area contributed by atoms with Crippen molar-refractivity contribution in [3.05, 3.63) is 29.8 Å². The first kappa shape index (κ1) is 16.2. The second kappa shape index (κ2) is 6.51. The number of sulfone groups is 1. The molecular weight excluding hydrogens is 282 g/mol. The van der Waals surface area contributed by atoms with Gasteiger partial charge in [-0.25, -0.2) is 13.2 Å². The van der Waals surface area contributed by atoms with Gasteiger partial charge in [-0.05, 0) is 30.7 Å². The molecule has 7 heteroatoms. The maximum absolute atomic E-state index is 12.0. The third-order valence-corrected chi connectivity index (χ3v) is 4.58. The fraction of sp³-hybridized carbons (Fsp3) is 0.385. The lowest BCUT2D eigenvalue weighted by Gasteiger charge is -2.10. The van der Waals surface area contributed by atoms with E-state index >= 15 is 0 Å². The smallest absolute Gasteiger partial charge is 0.335 e. The molecule has 1 aromatic carbocycles. The Kier molecular flexibility index (Phi) is 5.26. The number of rotatable bonds is 6. The van der Waals surface area contributed by atoms with Crippen molar-refractivity contribution in [2.24, 2.45) is 0 Å². The molecule has 0 aliphatic heterocycles. The van der Waals surface area contributed by atoms with Gasteiger partial charge in [0.2, 0.25) is 5.91 Å². The number of hydrogen-bond acceptors (Lipinski definition) is 4. The zero-order valence-electron chi connectivity index (χ0n) is 11.4. The van der Waals surface area contributed by atoms with Gasteiger partial charge in [-0.15, -0.1) is 0 Å². The van der Waals surface area contributed by atoms with E-state index in [0.29, 0.717) is 0 Å². The van der Waals surface area contributed by atoms with Crippen LogP contribution in [0.2, 0.25) is 0 Å². The molecule has 1 N–H and O–H groups in total. The molecule has 1 aromatic rings. The summed E-state index contributed by atoms with van der Waals surface area (Å²) >= 11 is 0. The van der Waals surface area contributed by atoms with Crippen molar-refractivity contribution >= 4 is 21.7 Å². The van der Waals surface area contributed by atoms with E-state index in [2.05, 4.69) is 0 Å². The van der Waals surface area contributed by atoms with Crippen molar-refractivity contribution in [1.82, 2.24) is 4.90 Å². The molecule has 0 aliphatic carbocycles. The number of amides is 1. The molecule has 110 valence electrons. The van der Waals surface area contributed by atoms with Gasteiger partial charge < -0.3 is 10.0 Å². The molecule has 0 aliphatic rings. The summed E-state index contributed by atoms with van der Waals surface area (Å²) in [6.45, 7) is 0. The zero-order chi connectivity index (χ0) is 15.3. The molecule has 0 bridgehead atoms. The third-order valence-electron chi connectivity index (χ3n) is 2.76. The average molecular weight is 299 g/mol. The molecule has 0 fully saturated rings. The van der Waals surface area contributed by atoms with Crippen LogP contribution >= 0.6 is 0 Å². The van der Waals surface area contributed by atoms with Crippen LogP contribution in [0.15, 0.2) is 29.2 Å². The number of carbonyl (C=O) groups is 2. The van der Waals surface area contributed by atoms with Crippen LogP contribution in [0.3, 0.4) is 0 Å². The molecular formula is C13H17NO5S. The average Bonchev–Trinajstić information content (AvgIpc) is 2.38. The number of aromatic carboxylic acids is 1. The topological polar surface area (TPSA) is 91.8 Å². The Morgan fingerprint density at radius 2 is 1.70 bits per heavy atom. The van der Waals surface area contributed by atoms with E-state index in [9.17, 15) is 18.0 Å².